The molecule has 0 saturated carbocycles. The Bertz CT molecular complexity index is 1310. The van der Waals surface area contributed by atoms with Crippen molar-refractivity contribution in [2.75, 3.05) is 13.1 Å². The lowest BCUT2D eigenvalue weighted by atomic mass is 9.63. The quantitative estimate of drug-likeness (QED) is 0.388. The summed E-state index contributed by atoms with van der Waals surface area (Å²) in [7, 11) is 0. The van der Waals surface area contributed by atoms with Crippen molar-refractivity contribution in [1.29, 1.82) is 0 Å². The molecule has 0 unspecified atom stereocenters. The zero-order chi connectivity index (χ0) is 27.1. The van der Waals surface area contributed by atoms with E-state index >= 15 is 0 Å². The second-order valence-electron chi connectivity index (χ2n) is 12.0. The summed E-state index contributed by atoms with van der Waals surface area (Å²) in [6, 6.07) is 6.04. The average Bonchev–Trinajstić information content (AvgIpc) is 3.58. The Labute approximate surface area is 227 Å². The molecule has 2 aromatic heterocycles. The highest BCUT2D eigenvalue weighted by Gasteiger charge is 2.37. The highest BCUT2D eigenvalue weighted by atomic mass is 32.1. The third-order valence-corrected chi connectivity index (χ3v) is 9.41. The maximum absolute atomic E-state index is 13.2. The van der Waals surface area contributed by atoms with Gasteiger partial charge in [0.05, 0.1) is 17.0 Å². The van der Waals surface area contributed by atoms with Crippen LogP contribution in [0.2, 0.25) is 0 Å². The van der Waals surface area contributed by atoms with Gasteiger partial charge in [-0.3, -0.25) is 4.79 Å². The Balaban J connectivity index is 1.26. The number of imidazole rings is 1. The summed E-state index contributed by atoms with van der Waals surface area (Å²) in [5, 5.41) is 14.9. The molecule has 2 aliphatic rings. The van der Waals surface area contributed by atoms with E-state index in [9.17, 15) is 14.7 Å². The normalized spacial score (nSPS) is 19.5. The molecule has 1 atom stereocenters. The van der Waals surface area contributed by atoms with Crippen LogP contribution < -0.4 is 5.32 Å². The number of hydrogen-bond donors (Lipinski definition) is 3. The molecule has 2 amide bonds. The van der Waals surface area contributed by atoms with Crippen LogP contribution in [-0.2, 0) is 22.0 Å². The first-order valence-corrected chi connectivity index (χ1v) is 14.3. The van der Waals surface area contributed by atoms with Gasteiger partial charge in [0.2, 0.25) is 5.91 Å². The van der Waals surface area contributed by atoms with Gasteiger partial charge in [0.25, 0.3) is 0 Å². The Morgan fingerprint density at radius 2 is 1.87 bits per heavy atom. The van der Waals surface area contributed by atoms with Gasteiger partial charge in [-0.2, -0.15) is 0 Å². The van der Waals surface area contributed by atoms with Crippen LogP contribution in [0.4, 0.5) is 4.79 Å². The van der Waals surface area contributed by atoms with Gasteiger partial charge in [0.1, 0.15) is 6.04 Å². The van der Waals surface area contributed by atoms with E-state index in [1.165, 1.54) is 35.9 Å². The number of aromatic amines is 1. The zero-order valence-corrected chi connectivity index (χ0v) is 23.4. The molecule has 1 aliphatic carbocycles. The summed E-state index contributed by atoms with van der Waals surface area (Å²) in [4.78, 5) is 38.2. The third kappa shape index (κ3) is 5.34. The maximum atomic E-state index is 13.2. The summed E-state index contributed by atoms with van der Waals surface area (Å²) in [5.74, 6) is 0.101. The van der Waals surface area contributed by atoms with E-state index in [-0.39, 0.29) is 23.2 Å². The van der Waals surface area contributed by atoms with E-state index in [0.29, 0.717) is 19.0 Å². The van der Waals surface area contributed by atoms with Crippen LogP contribution in [0.25, 0.3) is 11.3 Å². The topological polar surface area (TPSA) is 111 Å². The molecule has 1 fully saturated rings. The fourth-order valence-corrected chi connectivity index (χ4v) is 6.89. The van der Waals surface area contributed by atoms with E-state index in [0.717, 1.165) is 29.2 Å². The summed E-state index contributed by atoms with van der Waals surface area (Å²) < 4.78 is 0. The van der Waals surface area contributed by atoms with E-state index in [1.54, 1.807) is 22.4 Å². The van der Waals surface area contributed by atoms with Crippen LogP contribution in [0.15, 0.2) is 36.1 Å². The third-order valence-electron chi connectivity index (χ3n) is 8.40. The largest absolute Gasteiger partial charge is 0.465 e. The highest BCUT2D eigenvalue weighted by Crippen LogP contribution is 2.47. The Morgan fingerprint density at radius 3 is 2.53 bits per heavy atom. The van der Waals surface area contributed by atoms with Crippen LogP contribution in [0, 0.1) is 0 Å². The molecule has 1 saturated heterocycles. The lowest BCUT2D eigenvalue weighted by Crippen LogP contribution is -2.51. The lowest BCUT2D eigenvalue weighted by molar-refractivity contribution is -0.134. The monoisotopic (exact) mass is 535 g/mol. The molecule has 8 nitrogen and oxygen atoms in total. The summed E-state index contributed by atoms with van der Waals surface area (Å²) in [6.07, 6.45) is 6.18. The van der Waals surface area contributed by atoms with Crippen molar-refractivity contribution in [1.82, 2.24) is 25.2 Å². The van der Waals surface area contributed by atoms with Crippen LogP contribution >= 0.6 is 11.3 Å². The molecule has 38 heavy (non-hydrogen) atoms. The SMILES string of the molecule is CC1(C)CCC(C)(C)c2cc(-c3csc(C4CCN(C(=O)[C@H](Cc5cnc[nH]5)NC(=O)O)CC4)n3)ccc21. The number of nitrogens with zero attached hydrogens (tertiary/aromatic N) is 3. The van der Waals surface area contributed by atoms with Gasteiger partial charge in [0.15, 0.2) is 0 Å². The van der Waals surface area contributed by atoms with Gasteiger partial charge in [-0.25, -0.2) is 14.8 Å². The second-order valence-corrected chi connectivity index (χ2v) is 12.9. The standard InChI is InChI=1S/C29H37N5O3S/c1-28(2)9-10-29(3,4)22-13-19(5-6-21(22)28)24-16-38-25(32-24)18-7-11-34(12-8-18)26(35)23(33-27(36)37)14-20-15-30-17-31-20/h5-6,13,15-18,23,33H,7-12,14H2,1-4H3,(H,30,31)(H,36,37)/t23-/m0/s1. The smallest absolute Gasteiger partial charge is 0.405 e. The van der Waals surface area contributed by atoms with Crippen molar-refractivity contribution in [2.24, 2.45) is 0 Å². The summed E-state index contributed by atoms with van der Waals surface area (Å²) >= 11 is 1.70. The van der Waals surface area contributed by atoms with Gasteiger partial charge in [-0.05, 0) is 53.7 Å². The van der Waals surface area contributed by atoms with Crippen LogP contribution in [-0.4, -0.2) is 56.1 Å². The van der Waals surface area contributed by atoms with E-state index in [1.807, 2.05) is 0 Å². The first kappa shape index (κ1) is 26.4. The summed E-state index contributed by atoms with van der Waals surface area (Å²) in [5.41, 5.74) is 6.15. The molecule has 0 bridgehead atoms. The number of nitrogens with one attached hydrogen (secondary N) is 2. The minimum absolute atomic E-state index is 0.157. The molecule has 9 heteroatoms. The number of amides is 2. The van der Waals surface area contributed by atoms with Crippen molar-refractivity contribution in [3.63, 3.8) is 0 Å². The number of thiazole rings is 1. The molecular formula is C29H37N5O3S. The molecule has 202 valence electrons. The van der Waals surface area contributed by atoms with E-state index < -0.39 is 12.1 Å². The zero-order valence-electron chi connectivity index (χ0n) is 22.6. The number of carbonyl (C=O) groups excluding carboxylic acids is 1. The van der Waals surface area contributed by atoms with E-state index in [4.69, 9.17) is 4.98 Å². The van der Waals surface area contributed by atoms with E-state index in [2.05, 4.69) is 66.6 Å². The first-order valence-electron chi connectivity index (χ1n) is 13.4. The van der Waals surface area contributed by atoms with Gasteiger partial charge in [0, 0.05) is 48.3 Å². The number of piperidine rings is 1. The van der Waals surface area contributed by atoms with Crippen molar-refractivity contribution >= 4 is 23.3 Å². The second kappa shape index (κ2) is 10.2. The molecular weight excluding hydrogens is 498 g/mol. The van der Waals surface area contributed by atoms with Crippen molar-refractivity contribution in [3.05, 3.63) is 57.9 Å². The lowest BCUT2D eigenvalue weighted by Gasteiger charge is -2.42. The number of carbonyl (C=O) groups is 2. The predicted molar refractivity (Wildman–Crippen MR) is 149 cm³/mol. The Hall–Kier alpha value is -3.20. The summed E-state index contributed by atoms with van der Waals surface area (Å²) in [6.45, 7) is 10.5. The van der Waals surface area contributed by atoms with Gasteiger partial charge >= 0.3 is 6.09 Å². The van der Waals surface area contributed by atoms with Crippen LogP contribution in [0.5, 0.6) is 0 Å². The number of fused-ring (bicyclic) bond motifs is 1. The number of H-pyrrole nitrogens is 1. The molecule has 3 N–H and O–H groups in total. The number of likely N-dealkylation sites (tertiary alicyclic amines) is 1. The van der Waals surface area contributed by atoms with Crippen molar-refractivity contribution in [2.45, 2.75) is 82.6 Å². The molecule has 3 heterocycles. The molecule has 0 radical (unpaired) electrons. The molecule has 5 rings (SSSR count). The van der Waals surface area contributed by atoms with Crippen LogP contribution in [0.1, 0.15) is 81.1 Å². The Morgan fingerprint density at radius 1 is 1.16 bits per heavy atom. The predicted octanol–water partition coefficient (Wildman–Crippen LogP) is 5.47. The van der Waals surface area contributed by atoms with Gasteiger partial charge in [-0.15, -0.1) is 11.3 Å². The first-order chi connectivity index (χ1) is 18.0. The minimum Gasteiger partial charge on any atom is -0.465 e. The number of carboxylic acid groups (broad SMARTS) is 1. The fourth-order valence-electron chi connectivity index (χ4n) is 5.89. The maximum Gasteiger partial charge on any atom is 0.405 e. The average molecular weight is 536 g/mol. The minimum atomic E-state index is -1.21. The van der Waals surface area contributed by atoms with Gasteiger partial charge in [-0.1, -0.05) is 39.8 Å². The van der Waals surface area contributed by atoms with Gasteiger partial charge < -0.3 is 20.3 Å². The molecule has 3 aromatic rings. The van der Waals surface area contributed by atoms with Crippen LogP contribution in [0.3, 0.4) is 0 Å². The molecule has 0 spiro atoms. The number of aromatic nitrogens is 3. The molecule has 1 aliphatic heterocycles. The molecule has 1 aromatic carbocycles. The number of hydrogen-bond acceptors (Lipinski definition) is 5. The fraction of sp³-hybridized carbons (Fsp3) is 0.517. The number of rotatable bonds is 6. The van der Waals surface area contributed by atoms with Crippen molar-refractivity contribution < 1.29 is 14.7 Å². The van der Waals surface area contributed by atoms with Crippen molar-refractivity contribution in [3.8, 4) is 11.3 Å². The highest BCUT2D eigenvalue weighted by molar-refractivity contribution is 7.10. The number of benzene rings is 1. The Kier molecular flexibility index (Phi) is 7.07.